The molecule has 0 radical (unpaired) electrons. The lowest BCUT2D eigenvalue weighted by atomic mass is 9.88. The van der Waals surface area contributed by atoms with Crippen LogP contribution in [0.1, 0.15) is 0 Å². The molecule has 1 aliphatic rings. The van der Waals surface area contributed by atoms with Crippen molar-refractivity contribution in [2.24, 2.45) is 0 Å². The lowest BCUT2D eigenvalue weighted by Crippen LogP contribution is -2.36. The standard InChI is InChI=1S/C12H14BNO4/c15-13(16)12-8-9-10(2-1-3-11(9)18-12)14-4-6-17-7-5-14/h1-3,8,15-16H,4-7H2. The normalized spacial score (nSPS) is 16.2. The minimum absolute atomic E-state index is 0.172. The maximum atomic E-state index is 9.15. The van der Waals surface area contributed by atoms with Gasteiger partial charge in [-0.1, -0.05) is 6.07 Å². The molecule has 0 amide bonds. The van der Waals surface area contributed by atoms with Crippen molar-refractivity contribution in [2.45, 2.75) is 0 Å². The molecule has 1 aromatic carbocycles. The molecule has 1 aliphatic heterocycles. The van der Waals surface area contributed by atoms with E-state index in [4.69, 9.17) is 19.2 Å². The number of benzene rings is 1. The van der Waals surface area contributed by atoms with Crippen LogP contribution in [0.15, 0.2) is 28.7 Å². The molecule has 1 saturated heterocycles. The van der Waals surface area contributed by atoms with Crippen molar-refractivity contribution in [1.82, 2.24) is 0 Å². The summed E-state index contributed by atoms with van der Waals surface area (Å²) in [6.45, 7) is 3.09. The Hall–Kier alpha value is -1.50. The summed E-state index contributed by atoms with van der Waals surface area (Å²) in [5, 5.41) is 19.2. The van der Waals surface area contributed by atoms with E-state index >= 15 is 0 Å². The lowest BCUT2D eigenvalue weighted by molar-refractivity contribution is 0.123. The second-order valence-electron chi connectivity index (χ2n) is 4.31. The van der Waals surface area contributed by atoms with Gasteiger partial charge in [0.15, 0.2) is 0 Å². The number of nitrogens with zero attached hydrogens (tertiary/aromatic N) is 1. The van der Waals surface area contributed by atoms with Gasteiger partial charge < -0.3 is 24.1 Å². The molecule has 0 spiro atoms. The molecule has 94 valence electrons. The predicted molar refractivity (Wildman–Crippen MR) is 69.1 cm³/mol. The third-order valence-corrected chi connectivity index (χ3v) is 3.16. The number of rotatable bonds is 2. The molecule has 2 aromatic rings. The Balaban J connectivity index is 2.05. The highest BCUT2D eigenvalue weighted by Crippen LogP contribution is 2.27. The Morgan fingerprint density at radius 2 is 1.94 bits per heavy atom. The zero-order valence-corrected chi connectivity index (χ0v) is 9.87. The molecule has 18 heavy (non-hydrogen) atoms. The second-order valence-corrected chi connectivity index (χ2v) is 4.31. The third-order valence-electron chi connectivity index (χ3n) is 3.16. The zero-order valence-electron chi connectivity index (χ0n) is 9.87. The average molecular weight is 247 g/mol. The van der Waals surface area contributed by atoms with Gasteiger partial charge >= 0.3 is 7.12 Å². The maximum Gasteiger partial charge on any atom is 0.526 e. The van der Waals surface area contributed by atoms with Gasteiger partial charge in [0.05, 0.1) is 13.2 Å². The number of morpholine rings is 1. The van der Waals surface area contributed by atoms with Gasteiger partial charge in [0, 0.05) is 24.2 Å². The Morgan fingerprint density at radius 3 is 2.67 bits per heavy atom. The molecule has 2 N–H and O–H groups in total. The molecule has 1 fully saturated rings. The summed E-state index contributed by atoms with van der Waals surface area (Å²) in [5.41, 5.74) is 1.89. The molecule has 0 saturated carbocycles. The smallest absolute Gasteiger partial charge is 0.465 e. The van der Waals surface area contributed by atoms with Crippen LogP contribution in [0.5, 0.6) is 0 Å². The molecular weight excluding hydrogens is 233 g/mol. The van der Waals surface area contributed by atoms with Gasteiger partial charge in [-0.3, -0.25) is 0 Å². The van der Waals surface area contributed by atoms with E-state index in [1.165, 1.54) is 0 Å². The van der Waals surface area contributed by atoms with Crippen molar-refractivity contribution in [3.63, 3.8) is 0 Å². The van der Waals surface area contributed by atoms with Crippen molar-refractivity contribution < 1.29 is 19.2 Å². The fourth-order valence-electron chi connectivity index (χ4n) is 2.27. The number of ether oxygens (including phenoxy) is 1. The van der Waals surface area contributed by atoms with E-state index < -0.39 is 7.12 Å². The quantitative estimate of drug-likeness (QED) is 0.728. The Bertz CT molecular complexity index is 548. The van der Waals surface area contributed by atoms with Crippen LogP contribution in [0, 0.1) is 0 Å². The van der Waals surface area contributed by atoms with E-state index in [1.807, 2.05) is 18.2 Å². The van der Waals surface area contributed by atoms with Crippen molar-refractivity contribution in [2.75, 3.05) is 31.2 Å². The molecule has 6 heteroatoms. The minimum atomic E-state index is -1.57. The first-order valence-electron chi connectivity index (χ1n) is 5.97. The molecular formula is C12H14BNO4. The molecule has 0 bridgehead atoms. The zero-order chi connectivity index (χ0) is 12.5. The average Bonchev–Trinajstić information content (AvgIpc) is 2.83. The van der Waals surface area contributed by atoms with Crippen LogP contribution >= 0.6 is 0 Å². The molecule has 5 nitrogen and oxygen atoms in total. The summed E-state index contributed by atoms with van der Waals surface area (Å²) < 4.78 is 10.7. The molecule has 1 aromatic heterocycles. The largest absolute Gasteiger partial charge is 0.526 e. The van der Waals surface area contributed by atoms with E-state index in [0.29, 0.717) is 18.8 Å². The van der Waals surface area contributed by atoms with Crippen LogP contribution in [0.25, 0.3) is 11.0 Å². The van der Waals surface area contributed by atoms with Crippen LogP contribution in [0.3, 0.4) is 0 Å². The highest BCUT2D eigenvalue weighted by Gasteiger charge is 2.20. The van der Waals surface area contributed by atoms with Crippen molar-refractivity contribution in [1.29, 1.82) is 0 Å². The first kappa shape index (κ1) is 11.6. The fraction of sp³-hybridized carbons (Fsp3) is 0.333. The van der Waals surface area contributed by atoms with Gasteiger partial charge in [0.1, 0.15) is 11.2 Å². The highest BCUT2D eigenvalue weighted by atomic mass is 16.5. The van der Waals surface area contributed by atoms with Gasteiger partial charge in [0.25, 0.3) is 0 Å². The molecule has 3 rings (SSSR count). The Labute approximate surface area is 105 Å². The number of fused-ring (bicyclic) bond motifs is 1. The van der Waals surface area contributed by atoms with Gasteiger partial charge in [0.2, 0.25) is 0 Å². The van der Waals surface area contributed by atoms with E-state index in [1.54, 1.807) is 6.07 Å². The molecule has 0 unspecified atom stereocenters. The topological polar surface area (TPSA) is 66.1 Å². The van der Waals surface area contributed by atoms with E-state index in [0.717, 1.165) is 24.2 Å². The monoisotopic (exact) mass is 247 g/mol. The van der Waals surface area contributed by atoms with Gasteiger partial charge in [-0.15, -0.1) is 0 Å². The van der Waals surface area contributed by atoms with Gasteiger partial charge in [-0.25, -0.2) is 0 Å². The maximum absolute atomic E-state index is 9.15. The lowest BCUT2D eigenvalue weighted by Gasteiger charge is -2.29. The minimum Gasteiger partial charge on any atom is -0.465 e. The Kier molecular flexibility index (Phi) is 2.99. The summed E-state index contributed by atoms with van der Waals surface area (Å²) >= 11 is 0. The van der Waals surface area contributed by atoms with Gasteiger partial charge in [-0.2, -0.15) is 0 Å². The van der Waals surface area contributed by atoms with Crippen LogP contribution < -0.4 is 10.6 Å². The van der Waals surface area contributed by atoms with Crippen LogP contribution in [0.2, 0.25) is 0 Å². The van der Waals surface area contributed by atoms with Crippen LogP contribution in [-0.2, 0) is 4.74 Å². The van der Waals surface area contributed by atoms with Crippen molar-refractivity contribution >= 4 is 29.4 Å². The second kappa shape index (κ2) is 4.64. The molecule has 0 aliphatic carbocycles. The first-order valence-corrected chi connectivity index (χ1v) is 5.97. The Morgan fingerprint density at radius 1 is 1.17 bits per heavy atom. The number of hydrogen-bond acceptors (Lipinski definition) is 5. The SMILES string of the molecule is OB(O)c1cc2c(N3CCOCC3)cccc2o1. The fourth-order valence-corrected chi connectivity index (χ4v) is 2.27. The summed E-state index contributed by atoms with van der Waals surface area (Å²) in [6.07, 6.45) is 0. The summed E-state index contributed by atoms with van der Waals surface area (Å²) in [6, 6.07) is 7.43. The first-order chi connectivity index (χ1) is 8.75. The molecule has 0 atom stereocenters. The summed E-state index contributed by atoms with van der Waals surface area (Å²) in [5.74, 6) is 0. The predicted octanol–water partition coefficient (Wildman–Crippen LogP) is -0.0508. The number of hydrogen-bond donors (Lipinski definition) is 2. The number of anilines is 1. The summed E-state index contributed by atoms with van der Waals surface area (Å²) in [7, 11) is -1.57. The highest BCUT2D eigenvalue weighted by molar-refractivity contribution is 6.57. The van der Waals surface area contributed by atoms with Gasteiger partial charge in [-0.05, 0) is 18.2 Å². The van der Waals surface area contributed by atoms with E-state index in [-0.39, 0.29) is 5.66 Å². The summed E-state index contributed by atoms with van der Waals surface area (Å²) in [4.78, 5) is 2.22. The van der Waals surface area contributed by atoms with Crippen LogP contribution in [-0.4, -0.2) is 43.5 Å². The third kappa shape index (κ3) is 1.99. The van der Waals surface area contributed by atoms with E-state index in [9.17, 15) is 0 Å². The van der Waals surface area contributed by atoms with Crippen LogP contribution in [0.4, 0.5) is 5.69 Å². The van der Waals surface area contributed by atoms with E-state index in [2.05, 4.69) is 4.90 Å². The van der Waals surface area contributed by atoms with Crippen molar-refractivity contribution in [3.05, 3.63) is 24.3 Å². The molecule has 2 heterocycles. The van der Waals surface area contributed by atoms with Crippen molar-refractivity contribution in [3.8, 4) is 0 Å². The number of furan rings is 1.